The van der Waals surface area contributed by atoms with E-state index in [2.05, 4.69) is 16.9 Å². The van der Waals surface area contributed by atoms with Gasteiger partial charge in [0.2, 0.25) is 0 Å². The number of nitrogens with zero attached hydrogens (tertiary/aromatic N) is 3. The smallest absolute Gasteiger partial charge is 0.303 e. The topological polar surface area (TPSA) is 86.9 Å². The second-order valence-electron chi connectivity index (χ2n) is 7.80. The molecule has 1 aliphatic rings. The molecule has 1 N–H and O–H groups in total. The molecule has 1 amide bonds. The Morgan fingerprint density at radius 3 is 2.79 bits per heavy atom. The van der Waals surface area contributed by atoms with Crippen LogP contribution < -0.4 is 0 Å². The fraction of sp³-hybridized carbons (Fsp3) is 0.500. The maximum absolute atomic E-state index is 12.6. The fourth-order valence-electron chi connectivity index (χ4n) is 3.99. The summed E-state index contributed by atoms with van der Waals surface area (Å²) in [4.78, 5) is 32.3. The molecule has 2 aromatic heterocycles. The van der Waals surface area contributed by atoms with Crippen LogP contribution in [0.15, 0.2) is 47.2 Å². The van der Waals surface area contributed by atoms with E-state index < -0.39 is 5.97 Å². The standard InChI is InChI=1S/C22H29N3O4/c1-24(12-9-19-5-2-3-10-23-19)11-7-18-16-25(13-8-17(18)15-21(26)27)22(28)20-6-4-14-29-20/h2-6,10,14,17-18H,7-9,11-13,15-16H2,1H3,(H,26,27)/t17-,18+/m0/s1. The van der Waals surface area contributed by atoms with Crippen LogP contribution in [-0.2, 0) is 11.2 Å². The number of carboxylic acids is 1. The Morgan fingerprint density at radius 2 is 2.10 bits per heavy atom. The summed E-state index contributed by atoms with van der Waals surface area (Å²) in [6, 6.07) is 9.31. The molecule has 3 rings (SSSR count). The first-order chi connectivity index (χ1) is 14.0. The summed E-state index contributed by atoms with van der Waals surface area (Å²) in [6.07, 6.45) is 5.91. The van der Waals surface area contributed by atoms with E-state index >= 15 is 0 Å². The van der Waals surface area contributed by atoms with Gasteiger partial charge in [0.25, 0.3) is 5.91 Å². The minimum atomic E-state index is -0.769. The Kier molecular flexibility index (Phi) is 7.41. The summed E-state index contributed by atoms with van der Waals surface area (Å²) in [6.45, 7) is 2.90. The van der Waals surface area contributed by atoms with Gasteiger partial charge in [0.15, 0.2) is 5.76 Å². The number of amides is 1. The number of carbonyl (C=O) groups is 2. The lowest BCUT2D eigenvalue weighted by atomic mass is 9.81. The predicted octanol–water partition coefficient (Wildman–Crippen LogP) is 2.79. The third-order valence-corrected chi connectivity index (χ3v) is 5.70. The van der Waals surface area contributed by atoms with Crippen molar-refractivity contribution < 1.29 is 19.1 Å². The van der Waals surface area contributed by atoms with Gasteiger partial charge in [-0.15, -0.1) is 0 Å². The highest BCUT2D eigenvalue weighted by molar-refractivity contribution is 5.91. The molecule has 2 atom stereocenters. The zero-order chi connectivity index (χ0) is 20.6. The largest absolute Gasteiger partial charge is 0.481 e. The van der Waals surface area contributed by atoms with Crippen LogP contribution in [-0.4, -0.2) is 65.0 Å². The Bertz CT molecular complexity index is 779. The van der Waals surface area contributed by atoms with Crippen molar-refractivity contribution in [2.45, 2.75) is 25.7 Å². The molecule has 156 valence electrons. The summed E-state index contributed by atoms with van der Waals surface area (Å²) in [5, 5.41) is 9.28. The lowest BCUT2D eigenvalue weighted by Gasteiger charge is -2.38. The van der Waals surface area contributed by atoms with Gasteiger partial charge < -0.3 is 19.3 Å². The number of hydrogen-bond acceptors (Lipinski definition) is 5. The number of aliphatic carboxylic acids is 1. The number of carbonyl (C=O) groups excluding carboxylic acids is 1. The van der Waals surface area contributed by atoms with Gasteiger partial charge in [-0.25, -0.2) is 0 Å². The highest BCUT2D eigenvalue weighted by atomic mass is 16.4. The summed E-state index contributed by atoms with van der Waals surface area (Å²) in [7, 11) is 2.07. The van der Waals surface area contributed by atoms with Crippen molar-refractivity contribution in [3.8, 4) is 0 Å². The summed E-state index contributed by atoms with van der Waals surface area (Å²) >= 11 is 0. The van der Waals surface area contributed by atoms with Gasteiger partial charge in [-0.2, -0.15) is 0 Å². The van der Waals surface area contributed by atoms with Gasteiger partial charge in [-0.1, -0.05) is 6.07 Å². The average Bonchev–Trinajstić information content (AvgIpc) is 3.26. The number of hydrogen-bond donors (Lipinski definition) is 1. The van der Waals surface area contributed by atoms with E-state index in [4.69, 9.17) is 4.42 Å². The van der Waals surface area contributed by atoms with Crippen molar-refractivity contribution in [3.63, 3.8) is 0 Å². The minimum Gasteiger partial charge on any atom is -0.481 e. The number of aromatic nitrogens is 1. The molecular formula is C22H29N3O4. The summed E-state index contributed by atoms with van der Waals surface area (Å²) in [5.41, 5.74) is 1.07. The average molecular weight is 399 g/mol. The third kappa shape index (κ3) is 6.15. The Morgan fingerprint density at radius 1 is 1.24 bits per heavy atom. The Hall–Kier alpha value is -2.67. The molecule has 0 radical (unpaired) electrons. The molecule has 0 saturated carbocycles. The number of carboxylic acid groups (broad SMARTS) is 1. The van der Waals surface area contributed by atoms with E-state index in [1.807, 2.05) is 18.2 Å². The number of likely N-dealkylation sites (N-methyl/N-ethyl adjacent to an activating group) is 1. The molecule has 0 aromatic carbocycles. The number of likely N-dealkylation sites (tertiary alicyclic amines) is 1. The van der Waals surface area contributed by atoms with E-state index in [9.17, 15) is 14.7 Å². The molecule has 7 heteroatoms. The van der Waals surface area contributed by atoms with E-state index in [-0.39, 0.29) is 24.2 Å². The van der Waals surface area contributed by atoms with E-state index in [1.54, 1.807) is 23.2 Å². The molecule has 29 heavy (non-hydrogen) atoms. The van der Waals surface area contributed by atoms with Crippen LogP contribution in [0, 0.1) is 11.8 Å². The van der Waals surface area contributed by atoms with Crippen LogP contribution in [0.25, 0.3) is 0 Å². The molecule has 3 heterocycles. The van der Waals surface area contributed by atoms with Crippen LogP contribution in [0.4, 0.5) is 0 Å². The van der Waals surface area contributed by atoms with Crippen molar-refractivity contribution in [1.82, 2.24) is 14.8 Å². The number of furan rings is 1. The molecule has 1 saturated heterocycles. The fourth-order valence-corrected chi connectivity index (χ4v) is 3.99. The molecule has 0 bridgehead atoms. The Balaban J connectivity index is 1.54. The maximum atomic E-state index is 12.6. The van der Waals surface area contributed by atoms with E-state index in [1.165, 1.54) is 6.26 Å². The van der Waals surface area contributed by atoms with Crippen LogP contribution in [0.1, 0.15) is 35.5 Å². The highest BCUT2D eigenvalue weighted by Crippen LogP contribution is 2.30. The van der Waals surface area contributed by atoms with Gasteiger partial charge in [0.05, 0.1) is 6.26 Å². The zero-order valence-electron chi connectivity index (χ0n) is 16.9. The molecule has 0 aliphatic carbocycles. The number of piperidine rings is 1. The molecular weight excluding hydrogens is 370 g/mol. The van der Waals surface area contributed by atoms with Crippen LogP contribution >= 0.6 is 0 Å². The zero-order valence-corrected chi connectivity index (χ0v) is 16.9. The van der Waals surface area contributed by atoms with Crippen molar-refractivity contribution in [1.29, 1.82) is 0 Å². The van der Waals surface area contributed by atoms with Crippen molar-refractivity contribution in [3.05, 3.63) is 54.2 Å². The van der Waals surface area contributed by atoms with Crippen molar-refractivity contribution >= 4 is 11.9 Å². The summed E-state index contributed by atoms with van der Waals surface area (Å²) < 4.78 is 5.25. The van der Waals surface area contributed by atoms with Crippen LogP contribution in [0.5, 0.6) is 0 Å². The second-order valence-corrected chi connectivity index (χ2v) is 7.80. The van der Waals surface area contributed by atoms with E-state index in [0.717, 1.165) is 31.6 Å². The highest BCUT2D eigenvalue weighted by Gasteiger charge is 2.33. The molecule has 7 nitrogen and oxygen atoms in total. The normalized spacial score (nSPS) is 19.4. The molecule has 2 aromatic rings. The van der Waals surface area contributed by atoms with Gasteiger partial charge in [0, 0.05) is 44.4 Å². The molecule has 1 fully saturated rings. The van der Waals surface area contributed by atoms with E-state index in [0.29, 0.717) is 25.3 Å². The molecule has 0 spiro atoms. The first kappa shape index (κ1) is 21.0. The van der Waals surface area contributed by atoms with Gasteiger partial charge in [-0.05, 0) is 62.5 Å². The predicted molar refractivity (Wildman–Crippen MR) is 109 cm³/mol. The quantitative estimate of drug-likeness (QED) is 0.698. The third-order valence-electron chi connectivity index (χ3n) is 5.70. The molecule has 1 aliphatic heterocycles. The number of pyridine rings is 1. The van der Waals surface area contributed by atoms with Crippen LogP contribution in [0.2, 0.25) is 0 Å². The lowest BCUT2D eigenvalue weighted by Crippen LogP contribution is -2.45. The van der Waals surface area contributed by atoms with Gasteiger partial charge in [0.1, 0.15) is 0 Å². The van der Waals surface area contributed by atoms with Crippen molar-refractivity contribution in [2.75, 3.05) is 33.2 Å². The van der Waals surface area contributed by atoms with Crippen molar-refractivity contribution in [2.24, 2.45) is 11.8 Å². The number of rotatable bonds is 9. The monoisotopic (exact) mass is 399 g/mol. The first-order valence-electron chi connectivity index (χ1n) is 10.2. The SMILES string of the molecule is CN(CCc1ccccn1)CC[C@@H]1CN(C(=O)c2ccco2)CC[C@H]1CC(=O)O. The lowest BCUT2D eigenvalue weighted by molar-refractivity contribution is -0.139. The van der Waals surface area contributed by atoms with Crippen LogP contribution in [0.3, 0.4) is 0 Å². The summed E-state index contributed by atoms with van der Waals surface area (Å²) in [5.74, 6) is -0.284. The second kappa shape index (κ2) is 10.2. The minimum absolute atomic E-state index is 0.0948. The van der Waals surface area contributed by atoms with Gasteiger partial charge in [-0.3, -0.25) is 14.6 Å². The Labute approximate surface area is 171 Å². The van der Waals surface area contributed by atoms with Gasteiger partial charge >= 0.3 is 5.97 Å². The molecule has 0 unspecified atom stereocenters. The maximum Gasteiger partial charge on any atom is 0.303 e. The first-order valence-corrected chi connectivity index (χ1v) is 10.2.